The Morgan fingerprint density at radius 2 is 1.79 bits per heavy atom. The SMILES string of the molecule is CN(C)c1ccc(C(=O)NC[C@@H]2C[C@H]3CCN2C[C@@H]3CN2CCN(c3ncccn3)CC2)cc1. The summed E-state index contributed by atoms with van der Waals surface area (Å²) in [5.74, 6) is 2.38. The Hall–Kier alpha value is -2.71. The predicted octanol–water partition coefficient (Wildman–Crippen LogP) is 1.81. The third kappa shape index (κ3) is 5.18. The van der Waals surface area contributed by atoms with Gasteiger partial charge in [-0.05, 0) is 61.6 Å². The Balaban J connectivity index is 1.08. The van der Waals surface area contributed by atoms with Gasteiger partial charge < -0.3 is 15.1 Å². The van der Waals surface area contributed by atoms with Crippen molar-refractivity contribution >= 4 is 17.5 Å². The van der Waals surface area contributed by atoms with Crippen LogP contribution < -0.4 is 15.1 Å². The van der Waals surface area contributed by atoms with Gasteiger partial charge >= 0.3 is 0 Å². The first-order valence-electron chi connectivity index (χ1n) is 12.6. The molecule has 8 nitrogen and oxygen atoms in total. The third-order valence-electron chi connectivity index (χ3n) is 7.86. The van der Waals surface area contributed by atoms with Crippen molar-refractivity contribution < 1.29 is 4.79 Å². The van der Waals surface area contributed by atoms with Gasteiger partial charge in [0.05, 0.1) is 0 Å². The zero-order chi connectivity index (χ0) is 23.5. The van der Waals surface area contributed by atoms with E-state index in [4.69, 9.17) is 0 Å². The highest BCUT2D eigenvalue weighted by Gasteiger charge is 2.40. The minimum absolute atomic E-state index is 0.0322. The van der Waals surface area contributed by atoms with E-state index in [1.54, 1.807) is 0 Å². The molecular weight excluding hydrogens is 426 g/mol. The molecule has 8 heteroatoms. The number of fused-ring (bicyclic) bond motifs is 3. The van der Waals surface area contributed by atoms with E-state index in [2.05, 4.69) is 30.0 Å². The second-order valence-corrected chi connectivity index (χ2v) is 10.2. The van der Waals surface area contributed by atoms with Crippen LogP contribution in [-0.2, 0) is 0 Å². The fraction of sp³-hybridized carbons (Fsp3) is 0.577. The maximum absolute atomic E-state index is 12.7. The van der Waals surface area contributed by atoms with E-state index in [9.17, 15) is 4.79 Å². The fourth-order valence-corrected chi connectivity index (χ4v) is 5.81. The second kappa shape index (κ2) is 10.3. The molecule has 4 atom stereocenters. The van der Waals surface area contributed by atoms with E-state index < -0.39 is 0 Å². The van der Waals surface area contributed by atoms with E-state index in [0.717, 1.165) is 68.3 Å². The summed E-state index contributed by atoms with van der Waals surface area (Å²) in [6.07, 6.45) is 6.13. The molecule has 4 aliphatic rings. The van der Waals surface area contributed by atoms with Crippen LogP contribution in [0.3, 0.4) is 0 Å². The standard InChI is InChI=1S/C26H37N7O/c1-30(2)23-6-4-20(5-7-23)25(34)29-17-24-16-21-8-11-33(24)19-22(21)18-31-12-14-32(15-13-31)26-27-9-3-10-28-26/h3-7,9-10,21-22,24H,8,11-19H2,1-2H3,(H,29,34)/t21-,22+,24+/m1/s1. The first kappa shape index (κ1) is 23.1. The molecule has 0 aliphatic carbocycles. The molecule has 0 spiro atoms. The molecule has 2 bridgehead atoms. The van der Waals surface area contributed by atoms with Crippen LogP contribution in [-0.4, -0.2) is 98.2 Å². The Kier molecular flexibility index (Phi) is 6.97. The minimum Gasteiger partial charge on any atom is -0.378 e. The molecule has 6 rings (SSSR count). The quantitative estimate of drug-likeness (QED) is 0.672. The summed E-state index contributed by atoms with van der Waals surface area (Å²) < 4.78 is 0. The van der Waals surface area contributed by atoms with Gasteiger partial charge in [-0.25, -0.2) is 9.97 Å². The van der Waals surface area contributed by atoms with Crippen molar-refractivity contribution in [3.05, 3.63) is 48.3 Å². The normalized spacial score (nSPS) is 26.9. The van der Waals surface area contributed by atoms with Gasteiger partial charge in [0.15, 0.2) is 0 Å². The molecule has 1 aromatic carbocycles. The molecule has 182 valence electrons. The van der Waals surface area contributed by atoms with Gasteiger partial charge in [-0.15, -0.1) is 0 Å². The molecule has 0 radical (unpaired) electrons. The number of hydrogen-bond donors (Lipinski definition) is 1. The van der Waals surface area contributed by atoms with Crippen LogP contribution in [0.15, 0.2) is 42.7 Å². The monoisotopic (exact) mass is 463 g/mol. The van der Waals surface area contributed by atoms with Gasteiger partial charge in [-0.3, -0.25) is 14.6 Å². The number of benzene rings is 1. The number of amides is 1. The summed E-state index contributed by atoms with van der Waals surface area (Å²) in [6, 6.07) is 10.2. The van der Waals surface area contributed by atoms with E-state index >= 15 is 0 Å². The van der Waals surface area contributed by atoms with E-state index in [0.29, 0.717) is 6.04 Å². The molecule has 4 aliphatic heterocycles. The van der Waals surface area contributed by atoms with Crippen LogP contribution in [0.1, 0.15) is 23.2 Å². The van der Waals surface area contributed by atoms with Gasteiger partial charge in [0.1, 0.15) is 0 Å². The Labute approximate surface area is 203 Å². The highest BCUT2D eigenvalue weighted by molar-refractivity contribution is 5.94. The maximum Gasteiger partial charge on any atom is 0.251 e. The number of nitrogens with one attached hydrogen (secondary N) is 1. The molecule has 34 heavy (non-hydrogen) atoms. The van der Waals surface area contributed by atoms with Crippen LogP contribution in [0.5, 0.6) is 0 Å². The van der Waals surface area contributed by atoms with Gasteiger partial charge in [-0.2, -0.15) is 0 Å². The lowest BCUT2D eigenvalue weighted by molar-refractivity contribution is -0.0120. The third-order valence-corrected chi connectivity index (χ3v) is 7.86. The summed E-state index contributed by atoms with van der Waals surface area (Å²) in [4.78, 5) is 31.0. The Morgan fingerprint density at radius 3 is 2.44 bits per heavy atom. The van der Waals surface area contributed by atoms with Gasteiger partial charge in [-0.1, -0.05) is 0 Å². The van der Waals surface area contributed by atoms with E-state index in [1.807, 2.05) is 61.7 Å². The van der Waals surface area contributed by atoms with Gasteiger partial charge in [0, 0.05) is 89.6 Å². The summed E-state index contributed by atoms with van der Waals surface area (Å²) in [6.45, 7) is 8.39. The lowest BCUT2D eigenvalue weighted by Crippen LogP contribution is -2.59. The van der Waals surface area contributed by atoms with Crippen molar-refractivity contribution in [3.8, 4) is 0 Å². The average molecular weight is 464 g/mol. The summed E-state index contributed by atoms with van der Waals surface area (Å²) in [5.41, 5.74) is 1.84. The van der Waals surface area contributed by atoms with Gasteiger partial charge in [0.2, 0.25) is 5.95 Å². The molecule has 2 aromatic rings. The minimum atomic E-state index is 0.0322. The first-order valence-corrected chi connectivity index (χ1v) is 12.6. The number of rotatable bonds is 7. The van der Waals surface area contributed by atoms with Crippen molar-refractivity contribution in [2.24, 2.45) is 11.8 Å². The number of carbonyl (C=O) groups excluding carboxylic acids is 1. The van der Waals surface area contributed by atoms with Crippen LogP contribution in [0, 0.1) is 11.8 Å². The van der Waals surface area contributed by atoms with Crippen LogP contribution in [0.2, 0.25) is 0 Å². The summed E-state index contributed by atoms with van der Waals surface area (Å²) in [5, 5.41) is 3.20. The largest absolute Gasteiger partial charge is 0.378 e. The molecule has 1 unspecified atom stereocenters. The Morgan fingerprint density at radius 1 is 1.06 bits per heavy atom. The zero-order valence-electron chi connectivity index (χ0n) is 20.4. The van der Waals surface area contributed by atoms with Crippen molar-refractivity contribution in [2.45, 2.75) is 18.9 Å². The van der Waals surface area contributed by atoms with Crippen molar-refractivity contribution in [1.82, 2.24) is 25.1 Å². The van der Waals surface area contributed by atoms with Crippen molar-refractivity contribution in [3.63, 3.8) is 0 Å². The van der Waals surface area contributed by atoms with E-state index in [1.165, 1.54) is 25.9 Å². The number of nitrogens with zero attached hydrogens (tertiary/aromatic N) is 6. The lowest BCUT2D eigenvalue weighted by atomic mass is 9.75. The number of anilines is 2. The molecular formula is C26H37N7O. The van der Waals surface area contributed by atoms with E-state index in [-0.39, 0.29) is 5.91 Å². The Bertz CT molecular complexity index is 943. The molecule has 1 N–H and O–H groups in total. The topological polar surface area (TPSA) is 67.8 Å². The molecule has 4 fully saturated rings. The average Bonchev–Trinajstić information content (AvgIpc) is 2.89. The lowest BCUT2D eigenvalue weighted by Gasteiger charge is -2.51. The number of piperazine rings is 1. The van der Waals surface area contributed by atoms with Gasteiger partial charge in [0.25, 0.3) is 5.91 Å². The number of hydrogen-bond acceptors (Lipinski definition) is 7. The summed E-state index contributed by atoms with van der Waals surface area (Å²) >= 11 is 0. The van der Waals surface area contributed by atoms with Crippen LogP contribution >= 0.6 is 0 Å². The smallest absolute Gasteiger partial charge is 0.251 e. The molecule has 4 saturated heterocycles. The fourth-order valence-electron chi connectivity index (χ4n) is 5.81. The maximum atomic E-state index is 12.7. The first-order chi connectivity index (χ1) is 16.6. The molecule has 1 amide bonds. The molecule has 1 aromatic heterocycles. The zero-order valence-corrected chi connectivity index (χ0v) is 20.4. The molecule has 5 heterocycles. The molecule has 0 saturated carbocycles. The summed E-state index contributed by atoms with van der Waals surface area (Å²) in [7, 11) is 4.02. The second-order valence-electron chi connectivity index (χ2n) is 10.2. The van der Waals surface area contributed by atoms with Crippen molar-refractivity contribution in [1.29, 1.82) is 0 Å². The highest BCUT2D eigenvalue weighted by Crippen LogP contribution is 2.36. The highest BCUT2D eigenvalue weighted by atomic mass is 16.1. The number of piperidine rings is 3. The number of aromatic nitrogens is 2. The number of carbonyl (C=O) groups is 1. The van der Waals surface area contributed by atoms with Crippen LogP contribution in [0.25, 0.3) is 0 Å². The van der Waals surface area contributed by atoms with Crippen LogP contribution in [0.4, 0.5) is 11.6 Å². The van der Waals surface area contributed by atoms with Crippen molar-refractivity contribution in [2.75, 3.05) is 76.3 Å². The predicted molar refractivity (Wildman–Crippen MR) is 135 cm³/mol.